The maximum Gasteiger partial charge on any atom is 0.425 e. The number of rotatable bonds is 3. The van der Waals surface area contributed by atoms with Crippen LogP contribution in [-0.4, -0.2) is 31.4 Å². The van der Waals surface area contributed by atoms with Gasteiger partial charge < -0.3 is 14.8 Å². The van der Waals surface area contributed by atoms with Gasteiger partial charge in [0.25, 0.3) is 0 Å². The smallest absolute Gasteiger partial charge is 0.425 e. The van der Waals surface area contributed by atoms with E-state index < -0.39 is 12.1 Å². The van der Waals surface area contributed by atoms with Gasteiger partial charge in [0, 0.05) is 4.88 Å². The zero-order valence-electron chi connectivity index (χ0n) is 12.9. The van der Waals surface area contributed by atoms with Gasteiger partial charge in [-0.3, -0.25) is 5.43 Å². The molecule has 0 aliphatic carbocycles. The van der Waals surface area contributed by atoms with Crippen molar-refractivity contribution in [2.75, 3.05) is 19.5 Å². The van der Waals surface area contributed by atoms with Crippen molar-refractivity contribution in [2.45, 2.75) is 0 Å². The molecule has 0 aliphatic rings. The lowest BCUT2D eigenvalue weighted by Gasteiger charge is -2.10. The van der Waals surface area contributed by atoms with Crippen molar-refractivity contribution < 1.29 is 19.1 Å². The fraction of sp³-hybridized carbons (Fsp3) is 0.133. The average Bonchev–Trinajstić information content (AvgIpc) is 3.03. The molecule has 3 N–H and O–H groups in total. The Kier molecular flexibility index (Phi) is 6.10. The Balaban J connectivity index is 2.21. The van der Waals surface area contributed by atoms with Gasteiger partial charge in [-0.15, -0.1) is 11.3 Å². The minimum Gasteiger partial charge on any atom is -0.465 e. The molecule has 2 aromatic rings. The zero-order valence-corrected chi connectivity index (χ0v) is 14.5. The largest absolute Gasteiger partial charge is 0.465 e. The Morgan fingerprint density at radius 2 is 1.79 bits per heavy atom. The van der Waals surface area contributed by atoms with Crippen molar-refractivity contribution in [3.05, 3.63) is 42.0 Å². The van der Waals surface area contributed by atoms with Crippen LogP contribution in [0.1, 0.15) is 10.4 Å². The van der Waals surface area contributed by atoms with Gasteiger partial charge in [-0.1, -0.05) is 30.3 Å². The van der Waals surface area contributed by atoms with Gasteiger partial charge in [0.05, 0.1) is 19.8 Å². The number of anilines is 1. The highest BCUT2D eigenvalue weighted by atomic mass is 32.1. The van der Waals surface area contributed by atoms with E-state index in [-0.39, 0.29) is 5.11 Å². The van der Waals surface area contributed by atoms with Gasteiger partial charge in [0.1, 0.15) is 5.00 Å². The van der Waals surface area contributed by atoms with E-state index in [9.17, 15) is 9.59 Å². The number of ether oxygens (including phenoxy) is 2. The van der Waals surface area contributed by atoms with E-state index in [1.165, 1.54) is 25.6 Å². The topological polar surface area (TPSA) is 88.7 Å². The second kappa shape index (κ2) is 8.27. The van der Waals surface area contributed by atoms with Crippen LogP contribution in [0.15, 0.2) is 36.4 Å². The first-order chi connectivity index (χ1) is 11.5. The SMILES string of the molecule is COC(=O)NNC(=S)Nc1sc(-c2ccccc2)cc1C(=O)OC. The molecule has 9 heteroatoms. The van der Waals surface area contributed by atoms with Crippen molar-refractivity contribution in [1.29, 1.82) is 0 Å². The predicted molar refractivity (Wildman–Crippen MR) is 96.0 cm³/mol. The Hall–Kier alpha value is -2.65. The summed E-state index contributed by atoms with van der Waals surface area (Å²) >= 11 is 6.41. The fourth-order valence-electron chi connectivity index (χ4n) is 1.78. The van der Waals surface area contributed by atoms with E-state index in [2.05, 4.69) is 20.9 Å². The molecule has 7 nitrogen and oxygen atoms in total. The van der Waals surface area contributed by atoms with Gasteiger partial charge in [0.15, 0.2) is 5.11 Å². The summed E-state index contributed by atoms with van der Waals surface area (Å²) in [5, 5.41) is 3.47. The second-order valence-corrected chi connectivity index (χ2v) is 5.87. The summed E-state index contributed by atoms with van der Waals surface area (Å²) in [4.78, 5) is 23.9. The van der Waals surface area contributed by atoms with E-state index in [0.29, 0.717) is 10.6 Å². The van der Waals surface area contributed by atoms with Crippen LogP contribution in [0.2, 0.25) is 0 Å². The third-order valence-electron chi connectivity index (χ3n) is 2.89. The lowest BCUT2D eigenvalue weighted by molar-refractivity contribution is 0.0602. The minimum absolute atomic E-state index is 0.104. The molecule has 0 spiro atoms. The number of methoxy groups -OCH3 is 2. The molecule has 24 heavy (non-hydrogen) atoms. The number of carbonyl (C=O) groups is 2. The summed E-state index contributed by atoms with van der Waals surface area (Å²) < 4.78 is 9.22. The van der Waals surface area contributed by atoms with Crippen LogP contribution >= 0.6 is 23.6 Å². The first-order valence-electron chi connectivity index (χ1n) is 6.73. The summed E-state index contributed by atoms with van der Waals surface area (Å²) in [5.41, 5.74) is 6.01. The Labute approximate surface area is 147 Å². The lowest BCUT2D eigenvalue weighted by Crippen LogP contribution is -2.43. The summed E-state index contributed by atoms with van der Waals surface area (Å²) in [7, 11) is 2.54. The van der Waals surface area contributed by atoms with Gasteiger partial charge in [0.2, 0.25) is 0 Å². The quantitative estimate of drug-likeness (QED) is 0.438. The molecule has 0 unspecified atom stereocenters. The third-order valence-corrected chi connectivity index (χ3v) is 4.19. The first-order valence-corrected chi connectivity index (χ1v) is 7.96. The maximum absolute atomic E-state index is 12.0. The number of thiocarbonyl (C=S) groups is 1. The van der Waals surface area contributed by atoms with E-state index in [0.717, 1.165) is 10.4 Å². The van der Waals surface area contributed by atoms with Crippen LogP contribution in [0.4, 0.5) is 9.80 Å². The molecule has 0 atom stereocenters. The fourth-order valence-corrected chi connectivity index (χ4v) is 3.06. The Morgan fingerprint density at radius 1 is 1.08 bits per heavy atom. The molecular weight excluding hydrogens is 350 g/mol. The van der Waals surface area contributed by atoms with E-state index in [1.54, 1.807) is 6.07 Å². The number of amides is 1. The first kappa shape index (κ1) is 17.7. The monoisotopic (exact) mass is 365 g/mol. The van der Waals surface area contributed by atoms with Gasteiger partial charge in [-0.05, 0) is 23.8 Å². The molecule has 0 saturated heterocycles. The summed E-state index contributed by atoms with van der Waals surface area (Å²) in [6, 6.07) is 11.3. The van der Waals surface area contributed by atoms with Crippen LogP contribution in [0.3, 0.4) is 0 Å². The van der Waals surface area contributed by atoms with Gasteiger partial charge in [-0.2, -0.15) is 0 Å². The number of hydrazine groups is 1. The summed E-state index contributed by atoms with van der Waals surface area (Å²) in [6.07, 6.45) is -0.691. The third kappa shape index (κ3) is 4.43. The lowest BCUT2D eigenvalue weighted by atomic mass is 10.1. The molecule has 0 bridgehead atoms. The van der Waals surface area contributed by atoms with Gasteiger partial charge >= 0.3 is 12.1 Å². The number of hydrogen-bond donors (Lipinski definition) is 3. The Morgan fingerprint density at radius 3 is 2.42 bits per heavy atom. The van der Waals surface area contributed by atoms with Crippen LogP contribution in [0, 0.1) is 0 Å². The number of hydrogen-bond acceptors (Lipinski definition) is 6. The zero-order chi connectivity index (χ0) is 17.5. The van der Waals surface area contributed by atoms with Crippen molar-refractivity contribution in [2.24, 2.45) is 0 Å². The number of thiophene rings is 1. The maximum atomic E-state index is 12.0. The predicted octanol–water partition coefficient (Wildman–Crippen LogP) is 2.76. The highest BCUT2D eigenvalue weighted by Gasteiger charge is 2.18. The van der Waals surface area contributed by atoms with Crippen molar-refractivity contribution in [3.63, 3.8) is 0 Å². The number of carbonyl (C=O) groups excluding carboxylic acids is 2. The average molecular weight is 365 g/mol. The van der Waals surface area contributed by atoms with Crippen LogP contribution in [0.5, 0.6) is 0 Å². The van der Waals surface area contributed by atoms with Crippen LogP contribution in [0.25, 0.3) is 10.4 Å². The minimum atomic E-state index is -0.691. The number of nitrogens with one attached hydrogen (secondary N) is 3. The summed E-state index contributed by atoms with van der Waals surface area (Å²) in [5.74, 6) is -0.486. The highest BCUT2D eigenvalue weighted by Crippen LogP contribution is 2.35. The van der Waals surface area contributed by atoms with Crippen LogP contribution < -0.4 is 16.2 Å². The van der Waals surface area contributed by atoms with E-state index >= 15 is 0 Å². The molecular formula is C15H15N3O4S2. The molecule has 1 aromatic carbocycles. The Bertz CT molecular complexity index is 746. The second-order valence-electron chi connectivity index (χ2n) is 4.41. The molecule has 1 amide bonds. The highest BCUT2D eigenvalue weighted by molar-refractivity contribution is 7.80. The van der Waals surface area contributed by atoms with E-state index in [4.69, 9.17) is 17.0 Å². The molecule has 0 aliphatic heterocycles. The van der Waals surface area contributed by atoms with Crippen molar-refractivity contribution in [3.8, 4) is 10.4 Å². The number of esters is 1. The van der Waals surface area contributed by atoms with Gasteiger partial charge in [-0.25, -0.2) is 15.0 Å². The molecule has 0 fully saturated rings. The molecule has 1 aromatic heterocycles. The van der Waals surface area contributed by atoms with Crippen LogP contribution in [-0.2, 0) is 9.47 Å². The normalized spacial score (nSPS) is 9.75. The van der Waals surface area contributed by atoms with Crippen molar-refractivity contribution in [1.82, 2.24) is 10.9 Å². The van der Waals surface area contributed by atoms with Crippen molar-refractivity contribution >= 4 is 45.7 Å². The standard InChI is InChI=1S/C15H15N3O4S2/c1-21-13(19)10-8-11(9-6-4-3-5-7-9)24-12(10)16-14(23)17-18-15(20)22-2/h3-8H,1-2H3,(H,18,20)(H2,16,17,23). The molecule has 1 heterocycles. The number of benzene rings is 1. The van der Waals surface area contributed by atoms with E-state index in [1.807, 2.05) is 30.3 Å². The summed E-state index contributed by atoms with van der Waals surface area (Å²) in [6.45, 7) is 0. The molecule has 126 valence electrons. The molecule has 0 radical (unpaired) electrons. The molecule has 2 rings (SSSR count). The molecule has 0 saturated carbocycles.